The minimum atomic E-state index is -0.939. The highest BCUT2D eigenvalue weighted by Crippen LogP contribution is 2.19. The van der Waals surface area contributed by atoms with E-state index < -0.39 is 17.2 Å². The van der Waals surface area contributed by atoms with E-state index in [2.05, 4.69) is 16.3 Å². The molecular weight excluding hydrogens is 348 g/mol. The average Bonchev–Trinajstić information content (AvgIpc) is 2.61. The smallest absolute Gasteiger partial charge is 0.322 e. The fourth-order valence-electron chi connectivity index (χ4n) is 2.12. The van der Waals surface area contributed by atoms with Gasteiger partial charge in [0.2, 0.25) is 0 Å². The summed E-state index contributed by atoms with van der Waals surface area (Å²) in [7, 11) is 0. The molecule has 0 bridgehead atoms. The largest absolute Gasteiger partial charge is 0.466 e. The number of esters is 2. The molecule has 0 saturated heterocycles. The molecule has 0 saturated carbocycles. The molecule has 0 aromatic rings. The van der Waals surface area contributed by atoms with E-state index in [-0.39, 0.29) is 13.0 Å². The van der Waals surface area contributed by atoms with E-state index in [0.29, 0.717) is 18.6 Å². The van der Waals surface area contributed by atoms with Crippen molar-refractivity contribution in [2.45, 2.75) is 83.3 Å². The van der Waals surface area contributed by atoms with Crippen LogP contribution in [0.3, 0.4) is 0 Å². The molecule has 7 nitrogen and oxygen atoms in total. The average molecular weight is 381 g/mol. The normalized spacial score (nSPS) is 12.0. The lowest BCUT2D eigenvalue weighted by molar-refractivity contribution is -0.432. The quantitative estimate of drug-likeness (QED) is 0.130. The first-order chi connectivity index (χ1) is 12.2. The fourth-order valence-corrected chi connectivity index (χ4v) is 2.60. The summed E-state index contributed by atoms with van der Waals surface area (Å²) in [5.74, 6) is -1.09. The van der Waals surface area contributed by atoms with E-state index in [1.807, 2.05) is 6.92 Å². The SMILES string of the molecule is CCCCCCCCOC(=O)CC(SOOO)C(=O)OCCCCC. The van der Waals surface area contributed by atoms with Crippen LogP contribution in [-0.4, -0.2) is 35.7 Å². The van der Waals surface area contributed by atoms with E-state index >= 15 is 0 Å². The van der Waals surface area contributed by atoms with E-state index in [0.717, 1.165) is 38.5 Å². The Bertz CT molecular complexity index is 339. The summed E-state index contributed by atoms with van der Waals surface area (Å²) in [6.07, 6.45) is 9.13. The molecule has 0 aromatic carbocycles. The summed E-state index contributed by atoms with van der Waals surface area (Å²) in [6.45, 7) is 4.84. The van der Waals surface area contributed by atoms with Gasteiger partial charge in [0.1, 0.15) is 5.25 Å². The third kappa shape index (κ3) is 15.2. The van der Waals surface area contributed by atoms with Crippen LogP contribution in [0.15, 0.2) is 0 Å². The van der Waals surface area contributed by atoms with Crippen molar-refractivity contribution in [2.75, 3.05) is 13.2 Å². The van der Waals surface area contributed by atoms with Crippen LogP contribution < -0.4 is 0 Å². The molecule has 1 N–H and O–H groups in total. The number of rotatable bonds is 17. The zero-order valence-electron chi connectivity index (χ0n) is 15.4. The van der Waals surface area contributed by atoms with Crippen LogP contribution in [0.5, 0.6) is 0 Å². The van der Waals surface area contributed by atoms with Gasteiger partial charge in [0.05, 0.1) is 31.7 Å². The van der Waals surface area contributed by atoms with Crippen LogP contribution >= 0.6 is 12.0 Å². The van der Waals surface area contributed by atoms with Gasteiger partial charge in [-0.1, -0.05) is 63.8 Å². The van der Waals surface area contributed by atoms with Crippen molar-refractivity contribution in [3.8, 4) is 0 Å². The van der Waals surface area contributed by atoms with Crippen LogP contribution in [0.2, 0.25) is 0 Å². The number of unbranched alkanes of at least 4 members (excludes halogenated alkanes) is 7. The lowest BCUT2D eigenvalue weighted by Gasteiger charge is -2.13. The van der Waals surface area contributed by atoms with Crippen molar-refractivity contribution in [1.82, 2.24) is 0 Å². The van der Waals surface area contributed by atoms with Gasteiger partial charge < -0.3 is 9.47 Å². The highest BCUT2D eigenvalue weighted by molar-refractivity contribution is 7.95. The van der Waals surface area contributed by atoms with Gasteiger partial charge in [-0.15, -0.1) is 4.33 Å². The molecule has 1 atom stereocenters. The van der Waals surface area contributed by atoms with Gasteiger partial charge >= 0.3 is 11.9 Å². The number of carbonyl (C=O) groups excluding carboxylic acids is 2. The van der Waals surface area contributed by atoms with Gasteiger partial charge in [-0.2, -0.15) is 0 Å². The van der Waals surface area contributed by atoms with Crippen LogP contribution in [-0.2, 0) is 28.4 Å². The van der Waals surface area contributed by atoms with Crippen LogP contribution in [0.25, 0.3) is 0 Å². The Balaban J connectivity index is 4.01. The Kier molecular flexibility index (Phi) is 17.4. The first-order valence-electron chi connectivity index (χ1n) is 9.11. The second-order valence-electron chi connectivity index (χ2n) is 5.79. The van der Waals surface area contributed by atoms with E-state index in [4.69, 9.17) is 14.7 Å². The molecular formula is C17H32O7S. The third-order valence-corrected chi connectivity index (χ3v) is 4.28. The Morgan fingerprint density at radius 2 is 1.44 bits per heavy atom. The fraction of sp³-hybridized carbons (Fsp3) is 0.882. The van der Waals surface area contributed by atoms with Crippen molar-refractivity contribution in [3.05, 3.63) is 0 Å². The second kappa shape index (κ2) is 18.0. The molecule has 0 fully saturated rings. The molecule has 0 aliphatic carbocycles. The molecule has 148 valence electrons. The highest BCUT2D eigenvalue weighted by Gasteiger charge is 2.26. The van der Waals surface area contributed by atoms with Gasteiger partial charge in [0.25, 0.3) is 0 Å². The molecule has 0 amide bonds. The molecule has 0 heterocycles. The molecule has 0 radical (unpaired) electrons. The monoisotopic (exact) mass is 380 g/mol. The van der Waals surface area contributed by atoms with Gasteiger partial charge in [-0.25, -0.2) is 5.26 Å². The number of ether oxygens (including phenoxy) is 2. The van der Waals surface area contributed by atoms with Gasteiger partial charge in [-0.05, 0) is 12.8 Å². The lowest BCUT2D eigenvalue weighted by atomic mass is 10.1. The van der Waals surface area contributed by atoms with Gasteiger partial charge in [0, 0.05) is 0 Å². The van der Waals surface area contributed by atoms with E-state index in [1.165, 1.54) is 19.3 Å². The molecule has 0 aromatic heterocycles. The van der Waals surface area contributed by atoms with Crippen molar-refractivity contribution in [3.63, 3.8) is 0 Å². The Morgan fingerprint density at radius 1 is 0.880 bits per heavy atom. The van der Waals surface area contributed by atoms with Gasteiger partial charge in [-0.3, -0.25) is 9.59 Å². The minimum absolute atomic E-state index is 0.198. The van der Waals surface area contributed by atoms with Crippen LogP contribution in [0.1, 0.15) is 78.1 Å². The maximum atomic E-state index is 12.0. The number of hydrogen-bond donors (Lipinski definition) is 1. The Hall–Kier alpha value is -0.830. The zero-order valence-corrected chi connectivity index (χ0v) is 16.2. The summed E-state index contributed by atoms with van der Waals surface area (Å²) in [6, 6.07) is 0. The number of hydrogen-bond acceptors (Lipinski definition) is 8. The summed E-state index contributed by atoms with van der Waals surface area (Å²) in [5, 5.41) is 10.8. The Morgan fingerprint density at radius 3 is 2.12 bits per heavy atom. The first-order valence-corrected chi connectivity index (χ1v) is 9.91. The maximum Gasteiger partial charge on any atom is 0.322 e. The molecule has 8 heteroatoms. The van der Waals surface area contributed by atoms with Crippen molar-refractivity contribution in [2.24, 2.45) is 0 Å². The van der Waals surface area contributed by atoms with Crippen molar-refractivity contribution < 1.29 is 33.7 Å². The first kappa shape index (κ1) is 24.2. The minimum Gasteiger partial charge on any atom is -0.466 e. The molecule has 25 heavy (non-hydrogen) atoms. The molecule has 1 unspecified atom stereocenters. The van der Waals surface area contributed by atoms with E-state index in [1.54, 1.807) is 0 Å². The lowest BCUT2D eigenvalue weighted by Crippen LogP contribution is -2.25. The van der Waals surface area contributed by atoms with Crippen molar-refractivity contribution in [1.29, 1.82) is 0 Å². The standard InChI is InChI=1S/C17H32O7S/c1-3-5-7-8-9-11-12-21-16(18)14-15(25-24-23-20)17(19)22-13-10-6-4-2/h15,20H,3-14H2,1-2H3. The second-order valence-corrected chi connectivity index (χ2v) is 6.69. The zero-order chi connectivity index (χ0) is 18.8. The van der Waals surface area contributed by atoms with Gasteiger partial charge in [0.15, 0.2) is 0 Å². The highest BCUT2D eigenvalue weighted by atomic mass is 32.2. The number of carbonyl (C=O) groups is 2. The summed E-state index contributed by atoms with van der Waals surface area (Å²) in [4.78, 5) is 23.8. The maximum absolute atomic E-state index is 12.0. The van der Waals surface area contributed by atoms with Crippen LogP contribution in [0.4, 0.5) is 0 Å². The molecule has 0 rings (SSSR count). The summed E-state index contributed by atoms with van der Waals surface area (Å²) >= 11 is 0.527. The Labute approximate surface area is 154 Å². The third-order valence-electron chi connectivity index (χ3n) is 3.55. The predicted molar refractivity (Wildman–Crippen MR) is 95.6 cm³/mol. The summed E-state index contributed by atoms with van der Waals surface area (Å²) in [5.41, 5.74) is 0. The van der Waals surface area contributed by atoms with Crippen LogP contribution in [0, 0.1) is 0 Å². The summed E-state index contributed by atoms with van der Waals surface area (Å²) < 4.78 is 14.5. The van der Waals surface area contributed by atoms with Crippen molar-refractivity contribution >= 4 is 24.0 Å². The molecule has 0 spiro atoms. The molecule has 0 aliphatic rings. The van der Waals surface area contributed by atoms with E-state index in [9.17, 15) is 9.59 Å². The predicted octanol–water partition coefficient (Wildman–Crippen LogP) is 4.45. The molecule has 0 aliphatic heterocycles. The topological polar surface area (TPSA) is 91.3 Å².